The standard InChI is InChI=1S/C12H17FN2O3S/c1-9(12(16)15(2)3)14-19(17,18)8-10-4-6-11(13)7-5-10/h4-7,9,14H,8H2,1-3H3/t9-/m0/s1. The Morgan fingerprint density at radius 1 is 1.32 bits per heavy atom. The molecular formula is C12H17FN2O3S. The van der Waals surface area contributed by atoms with Crippen molar-refractivity contribution in [3.8, 4) is 0 Å². The molecule has 0 unspecified atom stereocenters. The molecule has 0 saturated carbocycles. The number of rotatable bonds is 5. The molecule has 1 amide bonds. The van der Waals surface area contributed by atoms with Crippen molar-refractivity contribution in [1.82, 2.24) is 9.62 Å². The number of carbonyl (C=O) groups excluding carboxylic acids is 1. The molecule has 7 heteroatoms. The molecule has 0 saturated heterocycles. The number of amides is 1. The van der Waals surface area contributed by atoms with Gasteiger partial charge in [0.25, 0.3) is 0 Å². The molecule has 0 heterocycles. The lowest BCUT2D eigenvalue weighted by molar-refractivity contribution is -0.130. The Morgan fingerprint density at radius 3 is 2.32 bits per heavy atom. The van der Waals surface area contributed by atoms with Gasteiger partial charge in [-0.25, -0.2) is 17.5 Å². The Labute approximate surface area is 112 Å². The molecule has 0 aliphatic rings. The van der Waals surface area contributed by atoms with Crippen LogP contribution in [0.3, 0.4) is 0 Å². The fourth-order valence-corrected chi connectivity index (χ4v) is 2.90. The van der Waals surface area contributed by atoms with E-state index >= 15 is 0 Å². The number of carbonyl (C=O) groups is 1. The first-order valence-electron chi connectivity index (χ1n) is 5.67. The highest BCUT2D eigenvalue weighted by Crippen LogP contribution is 2.07. The molecule has 5 nitrogen and oxygen atoms in total. The fourth-order valence-electron chi connectivity index (χ4n) is 1.55. The highest BCUT2D eigenvalue weighted by molar-refractivity contribution is 7.88. The van der Waals surface area contributed by atoms with Crippen molar-refractivity contribution in [3.05, 3.63) is 35.6 Å². The van der Waals surface area contributed by atoms with Crippen molar-refractivity contribution in [1.29, 1.82) is 0 Å². The van der Waals surface area contributed by atoms with Crippen LogP contribution in [0.5, 0.6) is 0 Å². The van der Waals surface area contributed by atoms with Crippen LogP contribution in [0.25, 0.3) is 0 Å². The van der Waals surface area contributed by atoms with Crippen LogP contribution in [0.4, 0.5) is 4.39 Å². The van der Waals surface area contributed by atoms with Gasteiger partial charge in [-0.15, -0.1) is 0 Å². The van der Waals surface area contributed by atoms with E-state index in [1.165, 1.54) is 36.1 Å². The van der Waals surface area contributed by atoms with Gasteiger partial charge in [0, 0.05) is 14.1 Å². The summed E-state index contributed by atoms with van der Waals surface area (Å²) in [4.78, 5) is 12.9. The zero-order chi connectivity index (χ0) is 14.6. The summed E-state index contributed by atoms with van der Waals surface area (Å²) in [7, 11) is -0.548. The maximum absolute atomic E-state index is 12.7. The maximum Gasteiger partial charge on any atom is 0.239 e. The second-order valence-electron chi connectivity index (χ2n) is 4.46. The summed E-state index contributed by atoms with van der Waals surface area (Å²) >= 11 is 0. The molecular weight excluding hydrogens is 271 g/mol. The van der Waals surface area contributed by atoms with E-state index in [4.69, 9.17) is 0 Å². The number of nitrogens with one attached hydrogen (secondary N) is 1. The first-order chi connectivity index (χ1) is 8.71. The summed E-state index contributed by atoms with van der Waals surface area (Å²) in [6.07, 6.45) is 0. The Bertz CT molecular complexity index is 541. The number of likely N-dealkylation sites (N-methyl/N-ethyl adjacent to an activating group) is 1. The summed E-state index contributed by atoms with van der Waals surface area (Å²) in [6, 6.07) is 4.35. The summed E-state index contributed by atoms with van der Waals surface area (Å²) in [5.74, 6) is -1.05. The predicted octanol–water partition coefficient (Wildman–Crippen LogP) is 0.722. The second-order valence-corrected chi connectivity index (χ2v) is 6.21. The smallest absolute Gasteiger partial charge is 0.239 e. The van der Waals surface area contributed by atoms with Crippen LogP contribution < -0.4 is 4.72 Å². The van der Waals surface area contributed by atoms with Gasteiger partial charge in [-0.3, -0.25) is 4.79 Å². The van der Waals surface area contributed by atoms with E-state index in [-0.39, 0.29) is 11.7 Å². The number of hydrogen-bond acceptors (Lipinski definition) is 3. The Kier molecular flexibility index (Phi) is 5.02. The summed E-state index contributed by atoms with van der Waals surface area (Å²) in [5.41, 5.74) is 0.457. The normalized spacial score (nSPS) is 13.1. The minimum Gasteiger partial charge on any atom is -0.347 e. The molecule has 1 aromatic carbocycles. The zero-order valence-corrected chi connectivity index (χ0v) is 11.9. The van der Waals surface area contributed by atoms with E-state index in [0.29, 0.717) is 5.56 Å². The third-order valence-electron chi connectivity index (χ3n) is 2.44. The van der Waals surface area contributed by atoms with Crippen molar-refractivity contribution in [2.24, 2.45) is 0 Å². The van der Waals surface area contributed by atoms with Gasteiger partial charge in [-0.2, -0.15) is 0 Å². The van der Waals surface area contributed by atoms with E-state index in [1.807, 2.05) is 0 Å². The molecule has 19 heavy (non-hydrogen) atoms. The van der Waals surface area contributed by atoms with Crippen LogP contribution in [-0.4, -0.2) is 39.4 Å². The van der Waals surface area contributed by atoms with Gasteiger partial charge < -0.3 is 4.90 Å². The molecule has 0 aliphatic heterocycles. The van der Waals surface area contributed by atoms with Crippen LogP contribution in [-0.2, 0) is 20.6 Å². The quantitative estimate of drug-likeness (QED) is 0.868. The van der Waals surface area contributed by atoms with Crippen molar-refractivity contribution in [3.63, 3.8) is 0 Å². The summed E-state index contributed by atoms with van der Waals surface area (Å²) < 4.78 is 38.7. The van der Waals surface area contributed by atoms with E-state index in [1.54, 1.807) is 14.1 Å². The van der Waals surface area contributed by atoms with Gasteiger partial charge in [0.1, 0.15) is 5.82 Å². The topological polar surface area (TPSA) is 66.5 Å². The minimum atomic E-state index is -3.65. The lowest BCUT2D eigenvalue weighted by Gasteiger charge is -2.18. The van der Waals surface area contributed by atoms with Crippen LogP contribution in [0.1, 0.15) is 12.5 Å². The van der Waals surface area contributed by atoms with E-state index in [2.05, 4.69) is 4.72 Å². The van der Waals surface area contributed by atoms with Gasteiger partial charge in [0.15, 0.2) is 0 Å². The summed E-state index contributed by atoms with van der Waals surface area (Å²) in [5, 5.41) is 0. The van der Waals surface area contributed by atoms with Crippen molar-refractivity contribution in [2.75, 3.05) is 14.1 Å². The molecule has 106 valence electrons. The van der Waals surface area contributed by atoms with Crippen LogP contribution in [0.2, 0.25) is 0 Å². The molecule has 1 atom stereocenters. The van der Waals surface area contributed by atoms with Crippen molar-refractivity contribution in [2.45, 2.75) is 18.7 Å². The van der Waals surface area contributed by atoms with Gasteiger partial charge in [-0.05, 0) is 24.6 Å². The Morgan fingerprint density at radius 2 is 1.84 bits per heavy atom. The lowest BCUT2D eigenvalue weighted by Crippen LogP contribution is -2.44. The average Bonchev–Trinajstić information content (AvgIpc) is 2.30. The lowest BCUT2D eigenvalue weighted by atomic mass is 10.2. The third-order valence-corrected chi connectivity index (χ3v) is 3.86. The molecule has 1 rings (SSSR count). The molecule has 0 bridgehead atoms. The highest BCUT2D eigenvalue weighted by Gasteiger charge is 2.21. The van der Waals surface area contributed by atoms with Crippen LogP contribution in [0, 0.1) is 5.82 Å². The van der Waals surface area contributed by atoms with E-state index < -0.39 is 21.9 Å². The van der Waals surface area contributed by atoms with Crippen molar-refractivity contribution < 1.29 is 17.6 Å². The summed E-state index contributed by atoms with van der Waals surface area (Å²) in [6.45, 7) is 1.48. The zero-order valence-electron chi connectivity index (χ0n) is 11.1. The molecule has 0 radical (unpaired) electrons. The Balaban J connectivity index is 2.72. The molecule has 0 fully saturated rings. The fraction of sp³-hybridized carbons (Fsp3) is 0.417. The maximum atomic E-state index is 12.7. The number of benzene rings is 1. The van der Waals surface area contributed by atoms with Gasteiger partial charge in [-0.1, -0.05) is 12.1 Å². The Hall–Kier alpha value is -1.47. The third kappa shape index (κ3) is 4.96. The average molecular weight is 288 g/mol. The molecule has 0 spiro atoms. The van der Waals surface area contributed by atoms with Crippen LogP contribution >= 0.6 is 0 Å². The van der Waals surface area contributed by atoms with Gasteiger partial charge >= 0.3 is 0 Å². The molecule has 1 aromatic rings. The molecule has 0 aliphatic carbocycles. The van der Waals surface area contributed by atoms with Crippen molar-refractivity contribution >= 4 is 15.9 Å². The second kappa shape index (κ2) is 6.12. The van der Waals surface area contributed by atoms with E-state index in [0.717, 1.165) is 0 Å². The number of nitrogens with zero attached hydrogens (tertiary/aromatic N) is 1. The highest BCUT2D eigenvalue weighted by atomic mass is 32.2. The minimum absolute atomic E-state index is 0.293. The molecule has 0 aromatic heterocycles. The first kappa shape index (κ1) is 15.6. The monoisotopic (exact) mass is 288 g/mol. The largest absolute Gasteiger partial charge is 0.347 e. The van der Waals surface area contributed by atoms with Gasteiger partial charge in [0.2, 0.25) is 15.9 Å². The van der Waals surface area contributed by atoms with Crippen LogP contribution in [0.15, 0.2) is 24.3 Å². The van der Waals surface area contributed by atoms with E-state index in [9.17, 15) is 17.6 Å². The number of halogens is 1. The predicted molar refractivity (Wildman–Crippen MR) is 70.3 cm³/mol. The first-order valence-corrected chi connectivity index (χ1v) is 7.32. The number of sulfonamides is 1. The van der Waals surface area contributed by atoms with Gasteiger partial charge in [0.05, 0.1) is 11.8 Å². The SMILES string of the molecule is C[C@H](NS(=O)(=O)Cc1ccc(F)cc1)C(=O)N(C)C. The number of hydrogen-bond donors (Lipinski definition) is 1. The molecule has 1 N–H and O–H groups in total.